The van der Waals surface area contributed by atoms with Gasteiger partial charge in [0.05, 0.1) is 12.8 Å². The smallest absolute Gasteiger partial charge is 0.182 e. The molecule has 0 aromatic heterocycles. The van der Waals surface area contributed by atoms with Crippen molar-refractivity contribution in [1.29, 1.82) is 0 Å². The minimum Gasteiger partial charge on any atom is -0.496 e. The minimum atomic E-state index is -1.21. The zero-order chi connectivity index (χ0) is 15.4. The highest BCUT2D eigenvalue weighted by Crippen LogP contribution is 2.23. The van der Waals surface area contributed by atoms with E-state index in [1.54, 1.807) is 14.0 Å². The molecule has 0 radical (unpaired) electrons. The molecule has 1 unspecified atom stereocenters. The summed E-state index contributed by atoms with van der Waals surface area (Å²) in [5, 5.41) is 2.78. The second-order valence-corrected chi connectivity index (χ2v) is 4.81. The molecule has 0 aliphatic rings. The van der Waals surface area contributed by atoms with E-state index in [0.717, 1.165) is 17.4 Å². The van der Waals surface area contributed by atoms with Crippen molar-refractivity contribution in [3.05, 3.63) is 59.4 Å². The predicted molar refractivity (Wildman–Crippen MR) is 76.1 cm³/mol. The quantitative estimate of drug-likeness (QED) is 0.836. The van der Waals surface area contributed by atoms with Crippen LogP contribution in [0.2, 0.25) is 0 Å². The van der Waals surface area contributed by atoms with Gasteiger partial charge in [-0.3, -0.25) is 0 Å². The van der Waals surface area contributed by atoms with Crippen LogP contribution in [0.25, 0.3) is 0 Å². The van der Waals surface area contributed by atoms with Crippen LogP contribution in [0, 0.1) is 17.5 Å². The lowest BCUT2D eigenvalue weighted by atomic mass is 10.1. The minimum absolute atomic E-state index is 0.185. The van der Waals surface area contributed by atoms with Crippen molar-refractivity contribution in [2.75, 3.05) is 12.4 Å². The SMILES string of the molecule is COc1ccccc1CC(C)Nc1cc(F)cc(F)c1F. The molecule has 0 saturated carbocycles. The molecule has 0 bridgehead atoms. The molecular weight excluding hydrogens is 279 g/mol. The van der Waals surface area contributed by atoms with E-state index in [1.165, 1.54) is 0 Å². The molecule has 2 nitrogen and oxygen atoms in total. The van der Waals surface area contributed by atoms with Crippen LogP contribution in [0.5, 0.6) is 5.75 Å². The normalized spacial score (nSPS) is 12.0. The number of nitrogens with one attached hydrogen (secondary N) is 1. The fourth-order valence-electron chi connectivity index (χ4n) is 2.18. The molecule has 0 aliphatic carbocycles. The Labute approximate surface area is 121 Å². The van der Waals surface area contributed by atoms with Gasteiger partial charge < -0.3 is 10.1 Å². The Kier molecular flexibility index (Phi) is 4.73. The van der Waals surface area contributed by atoms with E-state index in [4.69, 9.17) is 4.74 Å². The molecule has 0 heterocycles. The molecule has 0 spiro atoms. The maximum absolute atomic E-state index is 13.6. The Bertz CT molecular complexity index is 631. The molecule has 2 aromatic rings. The van der Waals surface area contributed by atoms with Gasteiger partial charge in [-0.25, -0.2) is 13.2 Å². The van der Waals surface area contributed by atoms with Gasteiger partial charge in [-0.2, -0.15) is 0 Å². The highest BCUT2D eigenvalue weighted by Gasteiger charge is 2.14. The average Bonchev–Trinajstić information content (AvgIpc) is 2.44. The van der Waals surface area contributed by atoms with Crippen LogP contribution >= 0.6 is 0 Å². The Morgan fingerprint density at radius 3 is 2.57 bits per heavy atom. The fourth-order valence-corrected chi connectivity index (χ4v) is 2.18. The number of methoxy groups -OCH3 is 1. The van der Waals surface area contributed by atoms with Gasteiger partial charge >= 0.3 is 0 Å². The Morgan fingerprint density at radius 2 is 1.86 bits per heavy atom. The fraction of sp³-hybridized carbons (Fsp3) is 0.250. The third kappa shape index (κ3) is 3.68. The summed E-state index contributed by atoms with van der Waals surface area (Å²) in [5.74, 6) is -2.39. The first-order chi connectivity index (χ1) is 10.0. The lowest BCUT2D eigenvalue weighted by molar-refractivity contribution is 0.408. The summed E-state index contributed by atoms with van der Waals surface area (Å²) < 4.78 is 45.1. The van der Waals surface area contributed by atoms with Crippen molar-refractivity contribution in [3.8, 4) is 5.75 Å². The van der Waals surface area contributed by atoms with Gasteiger partial charge in [0.25, 0.3) is 0 Å². The lowest BCUT2D eigenvalue weighted by Crippen LogP contribution is -2.19. The highest BCUT2D eigenvalue weighted by molar-refractivity contribution is 5.47. The molecule has 0 aliphatic heterocycles. The van der Waals surface area contributed by atoms with E-state index in [0.29, 0.717) is 12.5 Å². The van der Waals surface area contributed by atoms with Crippen molar-refractivity contribution in [2.45, 2.75) is 19.4 Å². The number of para-hydroxylation sites is 1. The van der Waals surface area contributed by atoms with Gasteiger partial charge in [0, 0.05) is 18.2 Å². The van der Waals surface area contributed by atoms with Gasteiger partial charge in [-0.15, -0.1) is 0 Å². The van der Waals surface area contributed by atoms with Gasteiger partial charge in [0.15, 0.2) is 11.6 Å². The Hall–Kier alpha value is -2.17. The topological polar surface area (TPSA) is 21.3 Å². The van der Waals surface area contributed by atoms with Crippen molar-refractivity contribution in [1.82, 2.24) is 0 Å². The number of hydrogen-bond donors (Lipinski definition) is 1. The number of ether oxygens (including phenoxy) is 1. The largest absolute Gasteiger partial charge is 0.496 e. The summed E-state index contributed by atoms with van der Waals surface area (Å²) >= 11 is 0. The second kappa shape index (κ2) is 6.52. The first kappa shape index (κ1) is 15.2. The molecule has 0 fully saturated rings. The van der Waals surface area contributed by atoms with E-state index < -0.39 is 17.5 Å². The molecule has 5 heteroatoms. The van der Waals surface area contributed by atoms with Crippen LogP contribution in [0.15, 0.2) is 36.4 Å². The Morgan fingerprint density at radius 1 is 1.14 bits per heavy atom. The van der Waals surface area contributed by atoms with Crippen LogP contribution < -0.4 is 10.1 Å². The number of halogens is 3. The number of hydrogen-bond acceptors (Lipinski definition) is 2. The third-order valence-electron chi connectivity index (χ3n) is 3.11. The molecule has 0 saturated heterocycles. The highest BCUT2D eigenvalue weighted by atomic mass is 19.2. The number of rotatable bonds is 5. The van der Waals surface area contributed by atoms with E-state index in [1.807, 2.05) is 24.3 Å². The first-order valence-corrected chi connectivity index (χ1v) is 6.54. The molecule has 112 valence electrons. The first-order valence-electron chi connectivity index (χ1n) is 6.54. The van der Waals surface area contributed by atoms with E-state index in [2.05, 4.69) is 5.32 Å². The zero-order valence-corrected chi connectivity index (χ0v) is 11.8. The van der Waals surface area contributed by atoms with Crippen LogP contribution in [-0.4, -0.2) is 13.2 Å². The second-order valence-electron chi connectivity index (χ2n) is 4.81. The molecule has 21 heavy (non-hydrogen) atoms. The summed E-state index contributed by atoms with van der Waals surface area (Å²) in [6, 6.07) is 8.67. The van der Waals surface area contributed by atoms with E-state index in [9.17, 15) is 13.2 Å². The van der Waals surface area contributed by atoms with Crippen LogP contribution in [0.1, 0.15) is 12.5 Å². The van der Waals surface area contributed by atoms with E-state index >= 15 is 0 Å². The number of anilines is 1. The van der Waals surface area contributed by atoms with Gasteiger partial charge in [0.1, 0.15) is 11.6 Å². The molecule has 1 N–H and O–H groups in total. The van der Waals surface area contributed by atoms with E-state index in [-0.39, 0.29) is 11.7 Å². The van der Waals surface area contributed by atoms with Crippen molar-refractivity contribution >= 4 is 5.69 Å². The monoisotopic (exact) mass is 295 g/mol. The summed E-state index contributed by atoms with van der Waals surface area (Å²) in [6.07, 6.45) is 0.529. The van der Waals surface area contributed by atoms with Gasteiger partial charge in [-0.1, -0.05) is 18.2 Å². The molecule has 1 atom stereocenters. The van der Waals surface area contributed by atoms with Crippen molar-refractivity contribution < 1.29 is 17.9 Å². The Balaban J connectivity index is 2.13. The summed E-state index contributed by atoms with van der Waals surface area (Å²) in [7, 11) is 1.57. The molecule has 0 amide bonds. The van der Waals surface area contributed by atoms with Gasteiger partial charge in [0.2, 0.25) is 0 Å². The zero-order valence-electron chi connectivity index (χ0n) is 11.8. The van der Waals surface area contributed by atoms with Crippen LogP contribution in [0.3, 0.4) is 0 Å². The van der Waals surface area contributed by atoms with Gasteiger partial charge in [-0.05, 0) is 25.0 Å². The summed E-state index contributed by atoms with van der Waals surface area (Å²) in [4.78, 5) is 0. The van der Waals surface area contributed by atoms with Crippen molar-refractivity contribution in [3.63, 3.8) is 0 Å². The predicted octanol–water partition coefficient (Wildman–Crippen LogP) is 4.16. The summed E-state index contributed by atoms with van der Waals surface area (Å²) in [6.45, 7) is 1.80. The average molecular weight is 295 g/mol. The molecular formula is C16H16F3NO. The summed E-state index contributed by atoms with van der Waals surface area (Å²) in [5.41, 5.74) is 0.743. The number of benzene rings is 2. The van der Waals surface area contributed by atoms with Crippen LogP contribution in [-0.2, 0) is 6.42 Å². The standard InChI is InChI=1S/C16H16F3NO/c1-10(7-11-5-3-4-6-15(11)21-2)20-14-9-12(17)8-13(18)16(14)19/h3-6,8-10,20H,7H2,1-2H3. The molecule has 2 rings (SSSR count). The maximum Gasteiger partial charge on any atom is 0.182 e. The maximum atomic E-state index is 13.6. The van der Waals surface area contributed by atoms with Crippen molar-refractivity contribution in [2.24, 2.45) is 0 Å². The lowest BCUT2D eigenvalue weighted by Gasteiger charge is -2.17. The third-order valence-corrected chi connectivity index (χ3v) is 3.11. The molecule has 2 aromatic carbocycles. The van der Waals surface area contributed by atoms with Crippen LogP contribution in [0.4, 0.5) is 18.9 Å².